The highest BCUT2D eigenvalue weighted by Gasteiger charge is 2.09. The van der Waals surface area contributed by atoms with E-state index in [1.165, 1.54) is 0 Å². The molecule has 3 aromatic rings. The van der Waals surface area contributed by atoms with E-state index in [9.17, 15) is 4.79 Å². The molecule has 1 aromatic carbocycles. The zero-order chi connectivity index (χ0) is 17.1. The van der Waals surface area contributed by atoms with Gasteiger partial charge in [-0.2, -0.15) is 10.2 Å². The summed E-state index contributed by atoms with van der Waals surface area (Å²) < 4.78 is 3.68. The first-order valence-corrected chi connectivity index (χ1v) is 8.31. The molecule has 0 atom stereocenters. The van der Waals surface area contributed by atoms with E-state index in [1.54, 1.807) is 4.68 Å². The standard InChI is InChI=1S/C17H20ClN5O/c1-12-11-13(2)22(20-12)10-8-19-16(24)7-9-23-15-6-4-3-5-14(15)17(18)21-23/h3-6,11H,7-10H2,1-2H3,(H,19,24). The largest absolute Gasteiger partial charge is 0.354 e. The fourth-order valence-electron chi connectivity index (χ4n) is 2.76. The SMILES string of the molecule is Cc1cc(C)n(CCNC(=O)CCn2nc(Cl)c3ccccc32)n1. The number of hydrogen-bond acceptors (Lipinski definition) is 3. The van der Waals surface area contributed by atoms with Crippen LogP contribution in [0.5, 0.6) is 0 Å². The number of amides is 1. The Morgan fingerprint density at radius 2 is 1.96 bits per heavy atom. The molecular formula is C17H20ClN5O. The molecule has 2 heterocycles. The van der Waals surface area contributed by atoms with Gasteiger partial charge >= 0.3 is 0 Å². The molecule has 0 unspecified atom stereocenters. The number of carbonyl (C=O) groups is 1. The molecule has 0 saturated heterocycles. The maximum absolute atomic E-state index is 12.0. The number of para-hydroxylation sites is 1. The van der Waals surface area contributed by atoms with Crippen LogP contribution in [0.3, 0.4) is 0 Å². The summed E-state index contributed by atoms with van der Waals surface area (Å²) in [7, 11) is 0. The predicted octanol–water partition coefficient (Wildman–Crippen LogP) is 2.71. The van der Waals surface area contributed by atoms with Crippen molar-refractivity contribution in [2.75, 3.05) is 6.54 Å². The van der Waals surface area contributed by atoms with E-state index < -0.39 is 0 Å². The van der Waals surface area contributed by atoms with Crippen molar-refractivity contribution in [3.05, 3.63) is 46.9 Å². The summed E-state index contributed by atoms with van der Waals surface area (Å²) in [5, 5.41) is 13.0. The summed E-state index contributed by atoms with van der Waals surface area (Å²) in [5.41, 5.74) is 3.03. The highest BCUT2D eigenvalue weighted by molar-refractivity contribution is 6.34. The van der Waals surface area contributed by atoms with Crippen LogP contribution in [-0.4, -0.2) is 32.0 Å². The van der Waals surface area contributed by atoms with Gasteiger partial charge in [-0.1, -0.05) is 23.7 Å². The third-order valence-corrected chi connectivity index (χ3v) is 4.19. The first kappa shape index (κ1) is 16.5. The Morgan fingerprint density at radius 1 is 1.17 bits per heavy atom. The number of hydrogen-bond donors (Lipinski definition) is 1. The average Bonchev–Trinajstić information content (AvgIpc) is 3.05. The van der Waals surface area contributed by atoms with E-state index in [2.05, 4.69) is 15.5 Å². The molecule has 1 N–H and O–H groups in total. The predicted molar refractivity (Wildman–Crippen MR) is 94.1 cm³/mol. The van der Waals surface area contributed by atoms with E-state index in [-0.39, 0.29) is 5.91 Å². The Labute approximate surface area is 145 Å². The fraction of sp³-hybridized carbons (Fsp3) is 0.353. The maximum atomic E-state index is 12.0. The molecule has 0 bridgehead atoms. The first-order chi connectivity index (χ1) is 11.5. The second kappa shape index (κ2) is 7.05. The number of carbonyl (C=O) groups excluding carboxylic acids is 1. The molecule has 126 valence electrons. The van der Waals surface area contributed by atoms with Crippen LogP contribution in [0.2, 0.25) is 5.15 Å². The van der Waals surface area contributed by atoms with Crippen LogP contribution in [0.25, 0.3) is 10.9 Å². The van der Waals surface area contributed by atoms with E-state index in [0.717, 1.165) is 22.3 Å². The highest BCUT2D eigenvalue weighted by Crippen LogP contribution is 2.22. The van der Waals surface area contributed by atoms with Crippen LogP contribution in [0.1, 0.15) is 17.8 Å². The van der Waals surface area contributed by atoms with Gasteiger partial charge in [0.1, 0.15) is 0 Å². The Kier molecular flexibility index (Phi) is 4.85. The summed E-state index contributed by atoms with van der Waals surface area (Å²) in [5.74, 6) is -0.00719. The molecule has 0 aliphatic heterocycles. The van der Waals surface area contributed by atoms with Crippen LogP contribution in [0, 0.1) is 13.8 Å². The monoisotopic (exact) mass is 345 g/mol. The molecule has 3 rings (SSSR count). The minimum atomic E-state index is -0.00719. The fourth-order valence-corrected chi connectivity index (χ4v) is 3.01. The lowest BCUT2D eigenvalue weighted by atomic mass is 10.2. The Hall–Kier alpha value is -2.34. The van der Waals surface area contributed by atoms with E-state index >= 15 is 0 Å². The quantitative estimate of drug-likeness (QED) is 0.747. The number of fused-ring (bicyclic) bond motifs is 1. The number of aryl methyl sites for hydroxylation is 3. The third kappa shape index (κ3) is 3.59. The van der Waals surface area contributed by atoms with E-state index in [0.29, 0.717) is 31.2 Å². The Balaban J connectivity index is 1.51. The molecule has 7 heteroatoms. The number of nitrogens with one attached hydrogen (secondary N) is 1. The lowest BCUT2D eigenvalue weighted by Gasteiger charge is -2.07. The normalized spacial score (nSPS) is 11.1. The molecule has 0 saturated carbocycles. The number of nitrogens with zero attached hydrogens (tertiary/aromatic N) is 4. The summed E-state index contributed by atoms with van der Waals surface area (Å²) in [6.07, 6.45) is 0.360. The summed E-state index contributed by atoms with van der Waals surface area (Å²) in [6, 6.07) is 9.76. The second-order valence-electron chi connectivity index (χ2n) is 5.78. The number of benzene rings is 1. The second-order valence-corrected chi connectivity index (χ2v) is 6.14. The third-order valence-electron chi connectivity index (χ3n) is 3.91. The molecule has 2 aromatic heterocycles. The van der Waals surface area contributed by atoms with Crippen molar-refractivity contribution in [1.82, 2.24) is 24.9 Å². The lowest BCUT2D eigenvalue weighted by molar-refractivity contribution is -0.121. The Morgan fingerprint density at radius 3 is 2.71 bits per heavy atom. The van der Waals surface area contributed by atoms with Gasteiger partial charge in [0.05, 0.1) is 24.3 Å². The van der Waals surface area contributed by atoms with Crippen LogP contribution in [-0.2, 0) is 17.9 Å². The van der Waals surface area contributed by atoms with Gasteiger partial charge in [0, 0.05) is 24.0 Å². The molecule has 1 amide bonds. The average molecular weight is 346 g/mol. The Bertz CT molecular complexity index is 867. The zero-order valence-electron chi connectivity index (χ0n) is 13.8. The van der Waals surface area contributed by atoms with Gasteiger partial charge in [-0.25, -0.2) is 0 Å². The van der Waals surface area contributed by atoms with E-state index in [1.807, 2.05) is 48.9 Å². The van der Waals surface area contributed by atoms with Crippen molar-refractivity contribution in [2.24, 2.45) is 0 Å². The summed E-state index contributed by atoms with van der Waals surface area (Å²) >= 11 is 6.12. The first-order valence-electron chi connectivity index (χ1n) is 7.93. The van der Waals surface area contributed by atoms with E-state index in [4.69, 9.17) is 11.6 Å². The van der Waals surface area contributed by atoms with Crippen molar-refractivity contribution in [3.63, 3.8) is 0 Å². The number of rotatable bonds is 6. The minimum Gasteiger partial charge on any atom is -0.354 e. The number of aromatic nitrogens is 4. The minimum absolute atomic E-state index is 0.00719. The molecule has 0 aliphatic carbocycles. The van der Waals surface area contributed by atoms with Crippen molar-refractivity contribution < 1.29 is 4.79 Å². The smallest absolute Gasteiger partial charge is 0.221 e. The molecule has 24 heavy (non-hydrogen) atoms. The van der Waals surface area contributed by atoms with Crippen molar-refractivity contribution >= 4 is 28.4 Å². The number of halogens is 1. The van der Waals surface area contributed by atoms with Gasteiger partial charge in [-0.15, -0.1) is 0 Å². The van der Waals surface area contributed by atoms with Crippen LogP contribution >= 0.6 is 11.6 Å². The molecule has 0 radical (unpaired) electrons. The molecular weight excluding hydrogens is 326 g/mol. The van der Waals surface area contributed by atoms with Gasteiger partial charge < -0.3 is 5.32 Å². The van der Waals surface area contributed by atoms with Crippen LogP contribution < -0.4 is 5.32 Å². The summed E-state index contributed by atoms with van der Waals surface area (Å²) in [6.45, 7) is 5.69. The van der Waals surface area contributed by atoms with Crippen molar-refractivity contribution in [2.45, 2.75) is 33.4 Å². The van der Waals surface area contributed by atoms with Gasteiger partial charge in [0.2, 0.25) is 5.91 Å². The molecule has 0 aliphatic rings. The van der Waals surface area contributed by atoms with Crippen molar-refractivity contribution in [1.29, 1.82) is 0 Å². The van der Waals surface area contributed by atoms with Crippen LogP contribution in [0.4, 0.5) is 0 Å². The lowest BCUT2D eigenvalue weighted by Crippen LogP contribution is -2.28. The van der Waals surface area contributed by atoms with Gasteiger partial charge in [-0.3, -0.25) is 14.2 Å². The van der Waals surface area contributed by atoms with Crippen molar-refractivity contribution in [3.8, 4) is 0 Å². The van der Waals surface area contributed by atoms with Gasteiger partial charge in [0.15, 0.2) is 5.15 Å². The van der Waals surface area contributed by atoms with Gasteiger partial charge in [-0.05, 0) is 32.0 Å². The molecule has 6 nitrogen and oxygen atoms in total. The summed E-state index contributed by atoms with van der Waals surface area (Å²) in [4.78, 5) is 12.0. The molecule has 0 fully saturated rings. The van der Waals surface area contributed by atoms with Crippen LogP contribution in [0.15, 0.2) is 30.3 Å². The maximum Gasteiger partial charge on any atom is 0.221 e. The van der Waals surface area contributed by atoms with Gasteiger partial charge in [0.25, 0.3) is 0 Å². The highest BCUT2D eigenvalue weighted by atomic mass is 35.5. The topological polar surface area (TPSA) is 64.7 Å². The zero-order valence-corrected chi connectivity index (χ0v) is 14.5. The molecule has 0 spiro atoms.